The van der Waals surface area contributed by atoms with Crippen molar-refractivity contribution in [2.45, 2.75) is 43.2 Å². The summed E-state index contributed by atoms with van der Waals surface area (Å²) in [7, 11) is 1.36. The van der Waals surface area contributed by atoms with Crippen molar-refractivity contribution in [1.29, 1.82) is 0 Å². The van der Waals surface area contributed by atoms with E-state index in [1.807, 2.05) is 24.3 Å². The van der Waals surface area contributed by atoms with E-state index in [4.69, 9.17) is 9.47 Å². The lowest BCUT2D eigenvalue weighted by Crippen LogP contribution is -2.48. The number of carbonyl (C=O) groups excluding carboxylic acids is 2. The van der Waals surface area contributed by atoms with Crippen molar-refractivity contribution in [3.05, 3.63) is 59.7 Å². The van der Waals surface area contributed by atoms with E-state index in [-0.39, 0.29) is 37.4 Å². The number of fused-ring (bicyclic) bond motifs is 3. The molecule has 0 radical (unpaired) electrons. The molecule has 1 saturated heterocycles. The molecule has 3 aliphatic rings. The summed E-state index contributed by atoms with van der Waals surface area (Å²) in [5, 5.41) is 12.4. The quantitative estimate of drug-likeness (QED) is 0.659. The minimum absolute atomic E-state index is 0.0197. The molecule has 0 bridgehead atoms. The SMILES string of the molecule is COC1(C(=O)O)CCN(C(=O)[C@H]2CCC[C@H]2NC(=O)OCC2c3ccccc3-c3ccccc32)C1. The fraction of sp³-hybridized carbons (Fsp3) is 0.444. The molecule has 3 atom stereocenters. The van der Waals surface area contributed by atoms with Crippen LogP contribution in [0.15, 0.2) is 48.5 Å². The molecule has 2 N–H and O–H groups in total. The van der Waals surface area contributed by atoms with Crippen LogP contribution in [0.5, 0.6) is 0 Å². The predicted octanol–water partition coefficient (Wildman–Crippen LogP) is 3.40. The smallest absolute Gasteiger partial charge is 0.407 e. The zero-order valence-electron chi connectivity index (χ0n) is 19.7. The topological polar surface area (TPSA) is 105 Å². The number of benzene rings is 2. The molecule has 35 heavy (non-hydrogen) atoms. The molecule has 1 aliphatic heterocycles. The average molecular weight is 479 g/mol. The first-order valence-electron chi connectivity index (χ1n) is 12.1. The van der Waals surface area contributed by atoms with Crippen LogP contribution in [0.4, 0.5) is 4.79 Å². The fourth-order valence-corrected chi connectivity index (χ4v) is 5.85. The summed E-state index contributed by atoms with van der Waals surface area (Å²) < 4.78 is 10.9. The molecule has 2 aromatic rings. The van der Waals surface area contributed by atoms with Gasteiger partial charge in [-0.15, -0.1) is 0 Å². The summed E-state index contributed by atoms with van der Waals surface area (Å²) in [6, 6.07) is 16.0. The van der Waals surface area contributed by atoms with Crippen LogP contribution >= 0.6 is 0 Å². The Morgan fingerprint density at radius 3 is 2.31 bits per heavy atom. The van der Waals surface area contributed by atoms with Crippen molar-refractivity contribution in [1.82, 2.24) is 10.2 Å². The van der Waals surface area contributed by atoms with Gasteiger partial charge in [0.1, 0.15) is 6.61 Å². The number of hydrogen-bond donors (Lipinski definition) is 2. The Balaban J connectivity index is 1.21. The Kier molecular flexibility index (Phi) is 6.23. The van der Waals surface area contributed by atoms with Crippen molar-refractivity contribution in [3.8, 4) is 11.1 Å². The minimum Gasteiger partial charge on any atom is -0.479 e. The van der Waals surface area contributed by atoms with E-state index < -0.39 is 23.6 Å². The number of amides is 2. The van der Waals surface area contributed by atoms with Gasteiger partial charge in [-0.05, 0) is 35.1 Å². The third-order valence-electron chi connectivity index (χ3n) is 7.80. The van der Waals surface area contributed by atoms with Crippen molar-refractivity contribution < 1.29 is 29.0 Å². The number of nitrogens with zero attached hydrogens (tertiary/aromatic N) is 1. The Bertz CT molecular complexity index is 1100. The molecule has 2 amide bonds. The van der Waals surface area contributed by atoms with E-state index in [0.717, 1.165) is 28.7 Å². The molecule has 2 fully saturated rings. The van der Waals surface area contributed by atoms with E-state index in [1.165, 1.54) is 7.11 Å². The first-order chi connectivity index (χ1) is 16.9. The molecular formula is C27H30N2O6. The molecule has 8 heteroatoms. The molecule has 0 aromatic heterocycles. The maximum Gasteiger partial charge on any atom is 0.407 e. The van der Waals surface area contributed by atoms with Gasteiger partial charge in [0.25, 0.3) is 0 Å². The second kappa shape index (κ2) is 9.34. The van der Waals surface area contributed by atoms with E-state index in [1.54, 1.807) is 4.90 Å². The number of aliphatic carboxylic acids is 1. The van der Waals surface area contributed by atoms with Crippen LogP contribution in [0.2, 0.25) is 0 Å². The largest absolute Gasteiger partial charge is 0.479 e. The van der Waals surface area contributed by atoms with Gasteiger partial charge in [-0.3, -0.25) is 4.79 Å². The molecule has 2 aromatic carbocycles. The highest BCUT2D eigenvalue weighted by atomic mass is 16.5. The first kappa shape index (κ1) is 23.4. The summed E-state index contributed by atoms with van der Waals surface area (Å²) in [6.07, 6.45) is 1.86. The van der Waals surface area contributed by atoms with Crippen LogP contribution < -0.4 is 5.32 Å². The van der Waals surface area contributed by atoms with Crippen LogP contribution in [-0.2, 0) is 19.1 Å². The lowest BCUT2D eigenvalue weighted by molar-refractivity contribution is -0.161. The van der Waals surface area contributed by atoms with Gasteiger partial charge >= 0.3 is 12.1 Å². The van der Waals surface area contributed by atoms with Gasteiger partial charge in [0.2, 0.25) is 5.91 Å². The monoisotopic (exact) mass is 478 g/mol. The molecule has 8 nitrogen and oxygen atoms in total. The Morgan fingerprint density at radius 1 is 1.06 bits per heavy atom. The van der Waals surface area contributed by atoms with Crippen molar-refractivity contribution >= 4 is 18.0 Å². The molecule has 0 spiro atoms. The van der Waals surface area contributed by atoms with Crippen molar-refractivity contribution in [2.24, 2.45) is 5.92 Å². The highest BCUT2D eigenvalue weighted by molar-refractivity contribution is 5.85. The van der Waals surface area contributed by atoms with Gasteiger partial charge < -0.3 is 24.8 Å². The van der Waals surface area contributed by atoms with Gasteiger partial charge in [-0.2, -0.15) is 0 Å². The first-order valence-corrected chi connectivity index (χ1v) is 12.1. The van der Waals surface area contributed by atoms with Gasteiger partial charge in [-0.25, -0.2) is 9.59 Å². The van der Waals surface area contributed by atoms with Crippen molar-refractivity contribution in [2.75, 3.05) is 26.8 Å². The third kappa shape index (κ3) is 4.16. The number of carboxylic acid groups (broad SMARTS) is 1. The number of rotatable bonds is 6. The Morgan fingerprint density at radius 2 is 1.71 bits per heavy atom. The van der Waals surface area contributed by atoms with Crippen LogP contribution in [-0.4, -0.2) is 66.4 Å². The molecule has 5 rings (SSSR count). The van der Waals surface area contributed by atoms with E-state index >= 15 is 0 Å². The van der Waals surface area contributed by atoms with E-state index in [2.05, 4.69) is 29.6 Å². The number of hydrogen-bond acceptors (Lipinski definition) is 5. The number of alkyl carbamates (subject to hydrolysis) is 1. The molecule has 184 valence electrons. The van der Waals surface area contributed by atoms with Gasteiger partial charge in [0.15, 0.2) is 5.60 Å². The van der Waals surface area contributed by atoms with Crippen molar-refractivity contribution in [3.63, 3.8) is 0 Å². The standard InChI is InChI=1S/C27H30N2O6/c1-34-27(25(31)32)13-14-29(16-27)24(30)21-11-6-12-23(21)28-26(33)35-15-22-19-9-4-2-7-17(19)18-8-3-5-10-20(18)22/h2-5,7-10,21-23H,6,11-16H2,1H3,(H,28,33)(H,31,32)/t21-,23+,27?/m0/s1. The lowest BCUT2D eigenvalue weighted by Gasteiger charge is -2.27. The maximum absolute atomic E-state index is 13.2. The highest BCUT2D eigenvalue weighted by Crippen LogP contribution is 2.44. The summed E-state index contributed by atoms with van der Waals surface area (Å²) in [5.41, 5.74) is 3.26. The lowest BCUT2D eigenvalue weighted by atomic mass is 9.98. The summed E-state index contributed by atoms with van der Waals surface area (Å²) in [4.78, 5) is 39.2. The van der Waals surface area contributed by atoms with E-state index in [9.17, 15) is 19.5 Å². The third-order valence-corrected chi connectivity index (χ3v) is 7.80. The number of likely N-dealkylation sites (tertiary alicyclic amines) is 1. The Labute approximate surface area is 204 Å². The fourth-order valence-electron chi connectivity index (χ4n) is 5.85. The Hall–Kier alpha value is -3.39. The zero-order chi connectivity index (χ0) is 24.6. The van der Waals surface area contributed by atoms with Crippen LogP contribution in [0.3, 0.4) is 0 Å². The number of carbonyl (C=O) groups is 3. The number of carboxylic acids is 1. The van der Waals surface area contributed by atoms with Crippen LogP contribution in [0.1, 0.15) is 42.7 Å². The minimum atomic E-state index is -1.36. The van der Waals surface area contributed by atoms with Gasteiger partial charge in [0, 0.05) is 32.0 Å². The second-order valence-corrected chi connectivity index (χ2v) is 9.63. The summed E-state index contributed by atoms with van der Waals surface area (Å²) >= 11 is 0. The van der Waals surface area contributed by atoms with E-state index in [0.29, 0.717) is 19.4 Å². The predicted molar refractivity (Wildman–Crippen MR) is 128 cm³/mol. The molecule has 1 unspecified atom stereocenters. The molecular weight excluding hydrogens is 448 g/mol. The molecule has 2 aliphatic carbocycles. The van der Waals surface area contributed by atoms with Crippen LogP contribution in [0.25, 0.3) is 11.1 Å². The average Bonchev–Trinajstić information content (AvgIpc) is 3.59. The molecule has 1 heterocycles. The molecule has 1 saturated carbocycles. The van der Waals surface area contributed by atoms with Crippen LogP contribution in [0, 0.1) is 5.92 Å². The summed E-state index contributed by atoms with van der Waals surface area (Å²) in [6.45, 7) is 0.561. The second-order valence-electron chi connectivity index (χ2n) is 9.63. The summed E-state index contributed by atoms with van der Waals surface area (Å²) in [5.74, 6) is -1.62. The normalized spacial score (nSPS) is 25.2. The number of ether oxygens (including phenoxy) is 2. The zero-order valence-corrected chi connectivity index (χ0v) is 19.7. The maximum atomic E-state index is 13.2. The highest BCUT2D eigenvalue weighted by Gasteiger charge is 2.49. The van der Waals surface area contributed by atoms with Gasteiger partial charge in [-0.1, -0.05) is 55.0 Å². The number of methoxy groups -OCH3 is 1. The van der Waals surface area contributed by atoms with Gasteiger partial charge in [0.05, 0.1) is 12.5 Å². The number of nitrogens with one attached hydrogen (secondary N) is 1.